The fourth-order valence-electron chi connectivity index (χ4n) is 1.71. The van der Waals surface area contributed by atoms with Crippen LogP contribution < -0.4 is 0 Å². The number of benzene rings is 1. The first kappa shape index (κ1) is 9.47. The molecule has 3 rings (SSSR count). The van der Waals surface area contributed by atoms with Crippen molar-refractivity contribution in [2.24, 2.45) is 0 Å². The minimum atomic E-state index is -0.670. The van der Waals surface area contributed by atoms with Gasteiger partial charge in [0, 0.05) is 6.07 Å². The van der Waals surface area contributed by atoms with E-state index in [1.54, 1.807) is 0 Å². The third kappa shape index (κ3) is 1.18. The fourth-order valence-corrected chi connectivity index (χ4v) is 1.89. The molecule has 0 saturated carbocycles. The Balaban J connectivity index is 2.61. The highest BCUT2D eigenvalue weighted by atomic mass is 35.5. The second-order valence-corrected chi connectivity index (χ2v) is 3.68. The Labute approximate surface area is 93.1 Å². The van der Waals surface area contributed by atoms with Crippen LogP contribution in [-0.2, 0) is 0 Å². The van der Waals surface area contributed by atoms with Crippen molar-refractivity contribution in [2.45, 2.75) is 0 Å². The van der Waals surface area contributed by atoms with E-state index in [1.165, 1.54) is 12.4 Å². The summed E-state index contributed by atoms with van der Waals surface area (Å²) < 4.78 is 26.6. The van der Waals surface area contributed by atoms with Gasteiger partial charge in [0.15, 0.2) is 5.15 Å². The van der Waals surface area contributed by atoms with Crippen LogP contribution in [0.2, 0.25) is 5.15 Å². The van der Waals surface area contributed by atoms with Crippen LogP contribution in [0.15, 0.2) is 18.5 Å². The van der Waals surface area contributed by atoms with E-state index in [-0.39, 0.29) is 10.5 Å². The molecule has 0 spiro atoms. The van der Waals surface area contributed by atoms with E-state index in [0.717, 1.165) is 6.07 Å². The summed E-state index contributed by atoms with van der Waals surface area (Å²) in [6.45, 7) is 0. The quantitative estimate of drug-likeness (QED) is 0.613. The van der Waals surface area contributed by atoms with Crippen molar-refractivity contribution in [1.82, 2.24) is 15.0 Å². The molecular formula is C10H4ClF2N3. The smallest absolute Gasteiger partial charge is 0.156 e. The summed E-state index contributed by atoms with van der Waals surface area (Å²) >= 11 is 5.82. The Bertz CT molecular complexity index is 708. The molecule has 6 heteroatoms. The van der Waals surface area contributed by atoms with E-state index in [0.29, 0.717) is 16.6 Å². The third-order valence-corrected chi connectivity index (χ3v) is 2.64. The zero-order valence-corrected chi connectivity index (χ0v) is 8.52. The summed E-state index contributed by atoms with van der Waals surface area (Å²) in [6, 6.07) is 2.00. The number of hydrogen-bond acceptors (Lipinski definition) is 2. The van der Waals surface area contributed by atoms with E-state index in [1.807, 2.05) is 0 Å². The van der Waals surface area contributed by atoms with Gasteiger partial charge in [-0.3, -0.25) is 0 Å². The zero-order valence-electron chi connectivity index (χ0n) is 7.76. The average Bonchev–Trinajstić information content (AvgIpc) is 2.57. The molecule has 1 aromatic carbocycles. The molecule has 0 aliphatic rings. The van der Waals surface area contributed by atoms with E-state index >= 15 is 0 Å². The van der Waals surface area contributed by atoms with Crippen molar-refractivity contribution in [3.05, 3.63) is 35.2 Å². The van der Waals surface area contributed by atoms with Gasteiger partial charge in [0.05, 0.1) is 10.9 Å². The number of aromatic nitrogens is 3. The fraction of sp³-hybridized carbons (Fsp3) is 0. The average molecular weight is 240 g/mol. The number of halogens is 3. The van der Waals surface area contributed by atoms with Gasteiger partial charge in [-0.15, -0.1) is 0 Å². The lowest BCUT2D eigenvalue weighted by molar-refractivity contribution is 0.592. The SMILES string of the molecule is Fc1cc(F)c2c(c1)[nH]c1c(Cl)ncnc12. The monoisotopic (exact) mass is 239 g/mol. The van der Waals surface area contributed by atoms with Crippen molar-refractivity contribution in [3.63, 3.8) is 0 Å². The van der Waals surface area contributed by atoms with E-state index in [4.69, 9.17) is 11.6 Å². The Morgan fingerprint density at radius 1 is 1.19 bits per heavy atom. The Kier molecular flexibility index (Phi) is 1.85. The molecule has 0 unspecified atom stereocenters. The lowest BCUT2D eigenvalue weighted by Crippen LogP contribution is -1.82. The van der Waals surface area contributed by atoms with Gasteiger partial charge in [-0.1, -0.05) is 11.6 Å². The van der Waals surface area contributed by atoms with E-state index < -0.39 is 11.6 Å². The van der Waals surface area contributed by atoms with Crippen LogP contribution in [-0.4, -0.2) is 15.0 Å². The number of aromatic amines is 1. The van der Waals surface area contributed by atoms with Gasteiger partial charge in [-0.25, -0.2) is 18.7 Å². The number of hydrogen-bond donors (Lipinski definition) is 1. The van der Waals surface area contributed by atoms with Gasteiger partial charge in [-0.05, 0) is 6.07 Å². The number of nitrogens with zero attached hydrogens (tertiary/aromatic N) is 2. The van der Waals surface area contributed by atoms with Gasteiger partial charge in [-0.2, -0.15) is 0 Å². The molecule has 80 valence electrons. The number of rotatable bonds is 0. The molecule has 0 aliphatic carbocycles. The third-order valence-electron chi connectivity index (χ3n) is 2.35. The van der Waals surface area contributed by atoms with Crippen LogP contribution >= 0.6 is 11.6 Å². The predicted molar refractivity (Wildman–Crippen MR) is 56.3 cm³/mol. The van der Waals surface area contributed by atoms with Crippen molar-refractivity contribution in [3.8, 4) is 0 Å². The van der Waals surface area contributed by atoms with Crippen molar-refractivity contribution in [1.29, 1.82) is 0 Å². The minimum Gasteiger partial charge on any atom is -0.350 e. The maximum atomic E-state index is 13.6. The largest absolute Gasteiger partial charge is 0.350 e. The van der Waals surface area contributed by atoms with Crippen LogP contribution in [0.5, 0.6) is 0 Å². The van der Waals surface area contributed by atoms with Gasteiger partial charge in [0.2, 0.25) is 0 Å². The molecule has 2 heterocycles. The highest BCUT2D eigenvalue weighted by Crippen LogP contribution is 2.29. The van der Waals surface area contributed by atoms with Crippen molar-refractivity contribution < 1.29 is 8.78 Å². The van der Waals surface area contributed by atoms with E-state index in [9.17, 15) is 8.78 Å². The normalized spacial score (nSPS) is 11.4. The highest BCUT2D eigenvalue weighted by Gasteiger charge is 2.14. The molecule has 0 amide bonds. The van der Waals surface area contributed by atoms with Gasteiger partial charge in [0.25, 0.3) is 0 Å². The second kappa shape index (κ2) is 3.12. The predicted octanol–water partition coefficient (Wildman–Crippen LogP) is 3.04. The van der Waals surface area contributed by atoms with Crippen LogP contribution in [0.25, 0.3) is 21.9 Å². The van der Waals surface area contributed by atoms with Crippen LogP contribution in [0.3, 0.4) is 0 Å². The maximum absolute atomic E-state index is 13.6. The first-order valence-corrected chi connectivity index (χ1v) is 4.81. The number of fused-ring (bicyclic) bond motifs is 3. The number of nitrogens with one attached hydrogen (secondary N) is 1. The Morgan fingerprint density at radius 2 is 2.00 bits per heavy atom. The summed E-state index contributed by atoms with van der Waals surface area (Å²) in [7, 11) is 0. The first-order valence-electron chi connectivity index (χ1n) is 4.44. The standard InChI is InChI=1S/C10H4ClF2N3/c11-10-9-8(14-3-15-10)7-5(13)1-4(12)2-6(7)16-9/h1-3,16H. The van der Waals surface area contributed by atoms with Crippen LogP contribution in [0.4, 0.5) is 8.78 Å². The van der Waals surface area contributed by atoms with Crippen molar-refractivity contribution in [2.75, 3.05) is 0 Å². The summed E-state index contributed by atoms with van der Waals surface area (Å²) in [5.74, 6) is -1.32. The molecule has 3 nitrogen and oxygen atoms in total. The molecule has 0 bridgehead atoms. The Hall–Kier alpha value is -1.75. The maximum Gasteiger partial charge on any atom is 0.156 e. The Morgan fingerprint density at radius 3 is 2.81 bits per heavy atom. The summed E-state index contributed by atoms with van der Waals surface area (Å²) in [5.41, 5.74) is 1.08. The molecule has 2 aromatic heterocycles. The summed E-state index contributed by atoms with van der Waals surface area (Å²) in [6.07, 6.45) is 1.24. The van der Waals surface area contributed by atoms with Gasteiger partial charge < -0.3 is 4.98 Å². The topological polar surface area (TPSA) is 41.6 Å². The second-order valence-electron chi connectivity index (χ2n) is 3.32. The van der Waals surface area contributed by atoms with Crippen LogP contribution in [0, 0.1) is 11.6 Å². The van der Waals surface area contributed by atoms with E-state index in [2.05, 4.69) is 15.0 Å². The first-order chi connectivity index (χ1) is 7.66. The molecular weight excluding hydrogens is 236 g/mol. The molecule has 16 heavy (non-hydrogen) atoms. The molecule has 3 aromatic rings. The molecule has 1 N–H and O–H groups in total. The molecule has 0 atom stereocenters. The molecule has 0 radical (unpaired) electrons. The van der Waals surface area contributed by atoms with Crippen molar-refractivity contribution >= 4 is 33.5 Å². The summed E-state index contributed by atoms with van der Waals surface area (Å²) in [5, 5.41) is 0.404. The highest BCUT2D eigenvalue weighted by molar-refractivity contribution is 6.34. The van der Waals surface area contributed by atoms with Crippen LogP contribution in [0.1, 0.15) is 0 Å². The lowest BCUT2D eigenvalue weighted by Gasteiger charge is -1.93. The molecule has 0 aliphatic heterocycles. The zero-order chi connectivity index (χ0) is 11.3. The molecule has 0 saturated heterocycles. The van der Waals surface area contributed by atoms with Gasteiger partial charge >= 0.3 is 0 Å². The minimum absolute atomic E-state index is 0.181. The van der Waals surface area contributed by atoms with Gasteiger partial charge in [0.1, 0.15) is 29.0 Å². The lowest BCUT2D eigenvalue weighted by atomic mass is 10.2. The number of H-pyrrole nitrogens is 1. The molecule has 0 fully saturated rings. The summed E-state index contributed by atoms with van der Waals surface area (Å²) in [4.78, 5) is 10.5.